The third-order valence-electron chi connectivity index (χ3n) is 1.46. The van der Waals surface area contributed by atoms with Crippen molar-refractivity contribution in [3.05, 3.63) is 22.2 Å². The Hall–Kier alpha value is -0.820. The Balaban J connectivity index is 2.55. The normalized spacial score (nSPS) is 12.2. The summed E-state index contributed by atoms with van der Waals surface area (Å²) in [5.41, 5.74) is -0.878. The summed E-state index contributed by atoms with van der Waals surface area (Å²) in [5, 5.41) is 1.23. The summed E-state index contributed by atoms with van der Waals surface area (Å²) in [4.78, 5) is 14.0. The van der Waals surface area contributed by atoms with Gasteiger partial charge in [-0.1, -0.05) is 17.8 Å². The number of hydrogen-bond donors (Lipinski definition) is 0. The molecule has 0 amide bonds. The van der Waals surface area contributed by atoms with Crippen LogP contribution in [0.3, 0.4) is 0 Å². The minimum Gasteiger partial charge on any atom is -0.288 e. The maximum atomic E-state index is 12.2. The van der Waals surface area contributed by atoms with Crippen molar-refractivity contribution in [3.8, 4) is 0 Å². The first-order valence-corrected chi connectivity index (χ1v) is 6.09. The molecule has 0 saturated heterocycles. The largest absolute Gasteiger partial charge is 0.434 e. The van der Waals surface area contributed by atoms with Gasteiger partial charge >= 0.3 is 6.18 Å². The molecule has 0 atom stereocenters. The van der Waals surface area contributed by atoms with E-state index in [1.165, 1.54) is 13.0 Å². The molecular formula is C9H8F3NOS2. The van der Waals surface area contributed by atoms with Crippen molar-refractivity contribution in [2.24, 2.45) is 0 Å². The van der Waals surface area contributed by atoms with Crippen molar-refractivity contribution >= 4 is 34.3 Å². The summed E-state index contributed by atoms with van der Waals surface area (Å²) < 4.78 is 36.5. The van der Waals surface area contributed by atoms with Gasteiger partial charge in [0.25, 0.3) is 0 Å². The van der Waals surface area contributed by atoms with Crippen LogP contribution < -0.4 is 0 Å². The summed E-state index contributed by atoms with van der Waals surface area (Å²) in [6.45, 7) is 1.43. The number of rotatable bonds is 3. The fourth-order valence-corrected chi connectivity index (χ4v) is 1.98. The van der Waals surface area contributed by atoms with Crippen LogP contribution >= 0.6 is 23.1 Å². The number of thioether (sulfide) groups is 1. The minimum absolute atomic E-state index is 0.0280. The van der Waals surface area contributed by atoms with E-state index in [0.717, 1.165) is 28.5 Å². The van der Waals surface area contributed by atoms with E-state index in [0.29, 0.717) is 5.75 Å². The topological polar surface area (TPSA) is 30.0 Å². The zero-order chi connectivity index (χ0) is 12.2. The van der Waals surface area contributed by atoms with Gasteiger partial charge in [0.2, 0.25) is 0 Å². The average Bonchev–Trinajstić information content (AvgIpc) is 2.59. The van der Waals surface area contributed by atoms with E-state index in [2.05, 4.69) is 4.98 Å². The molecule has 16 heavy (non-hydrogen) atoms. The van der Waals surface area contributed by atoms with Crippen LogP contribution in [0.1, 0.15) is 17.6 Å². The molecule has 0 unspecified atom stereocenters. The molecule has 1 aromatic rings. The Bertz CT molecular complexity index is 398. The summed E-state index contributed by atoms with van der Waals surface area (Å²) >= 11 is 2.01. The number of nitrogens with zero attached hydrogens (tertiary/aromatic N) is 1. The van der Waals surface area contributed by atoms with Crippen molar-refractivity contribution in [1.29, 1.82) is 0 Å². The number of hydrogen-bond acceptors (Lipinski definition) is 4. The van der Waals surface area contributed by atoms with Crippen molar-refractivity contribution in [3.63, 3.8) is 0 Å². The lowest BCUT2D eigenvalue weighted by Gasteiger charge is -1.99. The molecule has 0 aliphatic carbocycles. The van der Waals surface area contributed by atoms with Crippen LogP contribution in [0, 0.1) is 0 Å². The number of alkyl halides is 3. The summed E-state index contributed by atoms with van der Waals surface area (Å²) in [6.07, 6.45) is -1.29. The lowest BCUT2D eigenvalue weighted by Crippen LogP contribution is -2.04. The molecule has 1 heterocycles. The van der Waals surface area contributed by atoms with Crippen LogP contribution in [0.4, 0.5) is 13.2 Å². The van der Waals surface area contributed by atoms with Crippen LogP contribution in [0.15, 0.2) is 11.5 Å². The van der Waals surface area contributed by atoms with E-state index in [1.54, 1.807) is 6.08 Å². The van der Waals surface area contributed by atoms with Crippen LogP contribution in [0.2, 0.25) is 0 Å². The van der Waals surface area contributed by atoms with Crippen molar-refractivity contribution < 1.29 is 18.0 Å². The Labute approximate surface area is 98.6 Å². The predicted molar refractivity (Wildman–Crippen MR) is 59.3 cm³/mol. The Kier molecular flexibility index (Phi) is 4.55. The zero-order valence-corrected chi connectivity index (χ0v) is 9.88. The Morgan fingerprint density at radius 3 is 2.81 bits per heavy atom. The molecule has 7 heteroatoms. The zero-order valence-electron chi connectivity index (χ0n) is 8.25. The molecule has 0 fully saturated rings. The molecular weight excluding hydrogens is 259 g/mol. The number of carbonyl (C=O) groups is 1. The highest BCUT2D eigenvalue weighted by Crippen LogP contribution is 2.30. The second kappa shape index (κ2) is 5.49. The van der Waals surface area contributed by atoms with Gasteiger partial charge in [0.15, 0.2) is 10.8 Å². The molecule has 1 aromatic heterocycles. The number of carbonyl (C=O) groups excluding carboxylic acids is 1. The van der Waals surface area contributed by atoms with Crippen molar-refractivity contribution in [2.75, 3.05) is 5.75 Å². The number of halogens is 3. The lowest BCUT2D eigenvalue weighted by molar-refractivity contribution is -0.140. The fourth-order valence-electron chi connectivity index (χ4n) is 0.809. The molecule has 0 aliphatic heterocycles. The van der Waals surface area contributed by atoms with Gasteiger partial charge in [-0.05, 0) is 6.08 Å². The van der Waals surface area contributed by atoms with E-state index in [1.807, 2.05) is 0 Å². The average molecular weight is 267 g/mol. The van der Waals surface area contributed by atoms with Gasteiger partial charge in [0.05, 0.1) is 0 Å². The molecule has 0 spiro atoms. The smallest absolute Gasteiger partial charge is 0.288 e. The maximum Gasteiger partial charge on any atom is 0.434 e. The molecule has 2 nitrogen and oxygen atoms in total. The third kappa shape index (κ3) is 4.36. The molecule has 0 N–H and O–H groups in total. The monoisotopic (exact) mass is 267 g/mol. The van der Waals surface area contributed by atoms with Gasteiger partial charge in [0, 0.05) is 18.1 Å². The van der Waals surface area contributed by atoms with Gasteiger partial charge in [0.1, 0.15) is 5.01 Å². The Morgan fingerprint density at radius 2 is 2.31 bits per heavy atom. The molecule has 0 saturated carbocycles. The second-order valence-corrected chi connectivity index (χ2v) is 4.86. The van der Waals surface area contributed by atoms with Crippen LogP contribution in [0.25, 0.3) is 6.08 Å². The lowest BCUT2D eigenvalue weighted by atomic mass is 10.5. The summed E-state index contributed by atoms with van der Waals surface area (Å²) in [6, 6.07) is 0. The van der Waals surface area contributed by atoms with Gasteiger partial charge < -0.3 is 0 Å². The molecule has 88 valence electrons. The van der Waals surface area contributed by atoms with Crippen LogP contribution in [0.5, 0.6) is 0 Å². The highest BCUT2D eigenvalue weighted by molar-refractivity contribution is 8.13. The van der Waals surface area contributed by atoms with Gasteiger partial charge in [-0.25, -0.2) is 4.98 Å². The summed E-state index contributed by atoms with van der Waals surface area (Å²) in [5.74, 6) is 0.441. The van der Waals surface area contributed by atoms with E-state index >= 15 is 0 Å². The van der Waals surface area contributed by atoms with Gasteiger partial charge in [-0.2, -0.15) is 13.2 Å². The minimum atomic E-state index is -4.39. The van der Waals surface area contributed by atoms with Gasteiger partial charge in [-0.15, -0.1) is 11.3 Å². The number of aromatic nitrogens is 1. The summed E-state index contributed by atoms with van der Waals surface area (Å²) in [7, 11) is 0. The highest BCUT2D eigenvalue weighted by atomic mass is 32.2. The molecule has 1 rings (SSSR count). The SMILES string of the molecule is CC(=O)SCC=Cc1nc(C(F)(F)F)cs1. The Morgan fingerprint density at radius 1 is 1.62 bits per heavy atom. The number of thiazole rings is 1. The molecule has 0 bridgehead atoms. The first-order valence-electron chi connectivity index (χ1n) is 4.22. The molecule has 0 aliphatic rings. The second-order valence-electron chi connectivity index (χ2n) is 2.77. The van der Waals surface area contributed by atoms with E-state index in [9.17, 15) is 18.0 Å². The fraction of sp³-hybridized carbons (Fsp3) is 0.333. The predicted octanol–water partition coefficient (Wildman–Crippen LogP) is 3.45. The quantitative estimate of drug-likeness (QED) is 0.840. The first-order chi connectivity index (χ1) is 7.39. The first kappa shape index (κ1) is 13.2. The molecule has 0 aromatic carbocycles. The standard InChI is InChI=1S/C9H8F3NOS2/c1-6(14)15-4-2-3-8-13-7(5-16-8)9(10,11)12/h2-3,5H,4H2,1H3. The van der Waals surface area contributed by atoms with Gasteiger partial charge in [-0.3, -0.25) is 4.79 Å². The van der Waals surface area contributed by atoms with Crippen LogP contribution in [-0.4, -0.2) is 15.9 Å². The van der Waals surface area contributed by atoms with Crippen molar-refractivity contribution in [1.82, 2.24) is 4.98 Å². The molecule has 0 radical (unpaired) electrons. The van der Waals surface area contributed by atoms with E-state index in [4.69, 9.17) is 0 Å². The van der Waals surface area contributed by atoms with E-state index < -0.39 is 11.9 Å². The highest BCUT2D eigenvalue weighted by Gasteiger charge is 2.33. The third-order valence-corrected chi connectivity index (χ3v) is 3.03. The van der Waals surface area contributed by atoms with E-state index in [-0.39, 0.29) is 10.1 Å². The van der Waals surface area contributed by atoms with Crippen LogP contribution in [-0.2, 0) is 11.0 Å². The maximum absolute atomic E-state index is 12.2. The van der Waals surface area contributed by atoms with Crippen molar-refractivity contribution in [2.45, 2.75) is 13.1 Å².